The first-order valence-corrected chi connectivity index (χ1v) is 5.09. The summed E-state index contributed by atoms with van der Waals surface area (Å²) in [5.74, 6) is 0.804. The molecule has 1 aromatic carbocycles. The van der Waals surface area contributed by atoms with E-state index in [0.29, 0.717) is 6.42 Å². The molecule has 0 saturated heterocycles. The van der Waals surface area contributed by atoms with Gasteiger partial charge in [-0.2, -0.15) is 0 Å². The Morgan fingerprint density at radius 2 is 2.24 bits per heavy atom. The zero-order chi connectivity index (χ0) is 12.3. The highest BCUT2D eigenvalue weighted by Crippen LogP contribution is 2.19. The van der Waals surface area contributed by atoms with Crippen LogP contribution in [0, 0.1) is 0 Å². The molecule has 0 spiro atoms. The van der Waals surface area contributed by atoms with Gasteiger partial charge >= 0.3 is 0 Å². The van der Waals surface area contributed by atoms with E-state index in [1.54, 1.807) is 7.11 Å². The maximum absolute atomic E-state index is 8.54. The van der Waals surface area contributed by atoms with Crippen LogP contribution in [0.15, 0.2) is 34.6 Å². The van der Waals surface area contributed by atoms with E-state index >= 15 is 0 Å². The zero-order valence-corrected chi connectivity index (χ0v) is 9.33. The molecular weight excluding hydrogens is 222 g/mol. The van der Waals surface area contributed by atoms with Crippen LogP contribution < -0.4 is 10.5 Å². The standard InChI is InChI=1S/C11H13N3O3/c1-16-8-4-2-7(3-5-8)9-6-10(17-14-9)11(12)13-15/h2-5,10,15H,6H2,1H3,(H2,12,13). The minimum Gasteiger partial charge on any atom is -0.497 e. The van der Waals surface area contributed by atoms with Crippen molar-refractivity contribution in [3.63, 3.8) is 0 Å². The fraction of sp³-hybridized carbons (Fsp3) is 0.273. The first kappa shape index (κ1) is 11.3. The molecule has 90 valence electrons. The van der Waals surface area contributed by atoms with Crippen molar-refractivity contribution in [1.82, 2.24) is 0 Å². The summed E-state index contributed by atoms with van der Waals surface area (Å²) in [6.07, 6.45) is -0.000479. The van der Waals surface area contributed by atoms with E-state index in [4.69, 9.17) is 20.5 Å². The van der Waals surface area contributed by atoms with Crippen molar-refractivity contribution >= 4 is 11.5 Å². The lowest BCUT2D eigenvalue weighted by molar-refractivity contribution is 0.128. The van der Waals surface area contributed by atoms with Gasteiger partial charge in [-0.15, -0.1) is 0 Å². The minimum absolute atomic E-state index is 0.0252. The van der Waals surface area contributed by atoms with Crippen molar-refractivity contribution in [1.29, 1.82) is 0 Å². The first-order valence-electron chi connectivity index (χ1n) is 5.09. The first-order chi connectivity index (χ1) is 8.24. The molecule has 0 fully saturated rings. The predicted octanol–water partition coefficient (Wildman–Crippen LogP) is 0.935. The number of nitrogens with zero attached hydrogens (tertiary/aromatic N) is 2. The van der Waals surface area contributed by atoms with Crippen LogP contribution in [-0.4, -0.2) is 30.0 Å². The highest BCUT2D eigenvalue weighted by Gasteiger charge is 2.25. The van der Waals surface area contributed by atoms with Gasteiger partial charge in [0.25, 0.3) is 0 Å². The number of amidine groups is 1. The van der Waals surface area contributed by atoms with Crippen LogP contribution in [-0.2, 0) is 4.84 Å². The summed E-state index contributed by atoms with van der Waals surface area (Å²) in [4.78, 5) is 5.07. The van der Waals surface area contributed by atoms with E-state index in [1.165, 1.54) is 0 Å². The van der Waals surface area contributed by atoms with E-state index < -0.39 is 6.10 Å². The summed E-state index contributed by atoms with van der Waals surface area (Å²) in [5, 5.41) is 15.4. The molecule has 1 aromatic rings. The quantitative estimate of drug-likeness (QED) is 0.353. The van der Waals surface area contributed by atoms with Crippen molar-refractivity contribution in [2.45, 2.75) is 12.5 Å². The zero-order valence-electron chi connectivity index (χ0n) is 9.33. The highest BCUT2D eigenvalue weighted by molar-refractivity contribution is 6.04. The van der Waals surface area contributed by atoms with Crippen LogP contribution in [0.25, 0.3) is 0 Å². The molecule has 6 heteroatoms. The molecule has 0 aliphatic carbocycles. The van der Waals surface area contributed by atoms with Gasteiger partial charge in [-0.05, 0) is 29.8 Å². The molecular formula is C11H13N3O3. The number of benzene rings is 1. The SMILES string of the molecule is COc1ccc(C2=NOC(/C(N)=N\O)C2)cc1. The van der Waals surface area contributed by atoms with Gasteiger partial charge in [0, 0.05) is 6.42 Å². The van der Waals surface area contributed by atoms with Crippen LogP contribution >= 0.6 is 0 Å². The number of hydrogen-bond donors (Lipinski definition) is 2. The Balaban J connectivity index is 2.09. The van der Waals surface area contributed by atoms with E-state index in [-0.39, 0.29) is 5.84 Å². The smallest absolute Gasteiger partial charge is 0.193 e. The van der Waals surface area contributed by atoms with Crippen LogP contribution in [0.4, 0.5) is 0 Å². The molecule has 0 bridgehead atoms. The number of nitrogens with two attached hydrogens (primary N) is 1. The Bertz CT molecular complexity index is 454. The molecule has 1 atom stereocenters. The molecule has 1 heterocycles. The molecule has 6 nitrogen and oxygen atoms in total. The molecule has 0 amide bonds. The van der Waals surface area contributed by atoms with Crippen molar-refractivity contribution in [3.05, 3.63) is 29.8 Å². The number of hydrogen-bond acceptors (Lipinski definition) is 5. The van der Waals surface area contributed by atoms with Crippen LogP contribution in [0.5, 0.6) is 5.75 Å². The van der Waals surface area contributed by atoms with Gasteiger partial charge < -0.3 is 20.5 Å². The summed E-state index contributed by atoms with van der Waals surface area (Å²) in [6.45, 7) is 0. The molecule has 1 aliphatic heterocycles. The molecule has 0 aromatic heterocycles. The van der Waals surface area contributed by atoms with Gasteiger partial charge in [0.1, 0.15) is 5.75 Å². The Morgan fingerprint density at radius 3 is 2.82 bits per heavy atom. The van der Waals surface area contributed by atoms with Gasteiger partial charge in [-0.3, -0.25) is 0 Å². The fourth-order valence-corrected chi connectivity index (χ4v) is 1.55. The number of ether oxygens (including phenoxy) is 1. The van der Waals surface area contributed by atoms with Crippen molar-refractivity contribution in [2.24, 2.45) is 16.0 Å². The monoisotopic (exact) mass is 235 g/mol. The van der Waals surface area contributed by atoms with E-state index in [1.807, 2.05) is 24.3 Å². The topological polar surface area (TPSA) is 89.4 Å². The number of oxime groups is 2. The average molecular weight is 235 g/mol. The average Bonchev–Trinajstić information content (AvgIpc) is 2.87. The van der Waals surface area contributed by atoms with E-state index in [2.05, 4.69) is 10.3 Å². The third kappa shape index (κ3) is 2.30. The van der Waals surface area contributed by atoms with Gasteiger partial charge in [0.15, 0.2) is 11.9 Å². The summed E-state index contributed by atoms with van der Waals surface area (Å²) >= 11 is 0. The maximum Gasteiger partial charge on any atom is 0.193 e. The third-order valence-electron chi connectivity index (χ3n) is 2.54. The van der Waals surface area contributed by atoms with Crippen molar-refractivity contribution in [3.8, 4) is 5.75 Å². The Hall–Kier alpha value is -2.24. The lowest BCUT2D eigenvalue weighted by atomic mass is 10.0. The van der Waals surface area contributed by atoms with Gasteiger partial charge in [-0.1, -0.05) is 10.3 Å². The lowest BCUT2D eigenvalue weighted by Crippen LogP contribution is -2.29. The Kier molecular flexibility index (Phi) is 3.13. The minimum atomic E-state index is -0.489. The third-order valence-corrected chi connectivity index (χ3v) is 2.54. The molecule has 17 heavy (non-hydrogen) atoms. The summed E-state index contributed by atoms with van der Waals surface area (Å²) in [6, 6.07) is 7.45. The second-order valence-electron chi connectivity index (χ2n) is 3.59. The van der Waals surface area contributed by atoms with Gasteiger partial charge in [0.05, 0.1) is 12.8 Å². The Labute approximate surface area is 98.3 Å². The second kappa shape index (κ2) is 4.73. The van der Waals surface area contributed by atoms with Crippen molar-refractivity contribution in [2.75, 3.05) is 7.11 Å². The molecule has 1 unspecified atom stereocenters. The van der Waals surface area contributed by atoms with Crippen LogP contribution in [0.2, 0.25) is 0 Å². The maximum atomic E-state index is 8.54. The Morgan fingerprint density at radius 1 is 1.53 bits per heavy atom. The number of rotatable bonds is 3. The largest absolute Gasteiger partial charge is 0.497 e. The summed E-state index contributed by atoms with van der Waals surface area (Å²) < 4.78 is 5.07. The van der Waals surface area contributed by atoms with Crippen LogP contribution in [0.1, 0.15) is 12.0 Å². The second-order valence-corrected chi connectivity index (χ2v) is 3.59. The molecule has 0 radical (unpaired) electrons. The molecule has 1 aliphatic rings. The normalized spacial score (nSPS) is 19.7. The van der Waals surface area contributed by atoms with Crippen molar-refractivity contribution < 1.29 is 14.8 Å². The molecule has 2 rings (SSSR count). The predicted molar refractivity (Wildman–Crippen MR) is 62.4 cm³/mol. The molecule has 3 N–H and O–H groups in total. The fourth-order valence-electron chi connectivity index (χ4n) is 1.55. The van der Waals surface area contributed by atoms with Gasteiger partial charge in [0.2, 0.25) is 0 Å². The van der Waals surface area contributed by atoms with Gasteiger partial charge in [-0.25, -0.2) is 0 Å². The van der Waals surface area contributed by atoms with E-state index in [9.17, 15) is 0 Å². The number of methoxy groups -OCH3 is 1. The highest BCUT2D eigenvalue weighted by atomic mass is 16.6. The summed E-state index contributed by atoms with van der Waals surface area (Å²) in [7, 11) is 1.61. The van der Waals surface area contributed by atoms with Crippen LogP contribution in [0.3, 0.4) is 0 Å². The summed E-state index contributed by atoms with van der Waals surface area (Å²) in [5.41, 5.74) is 7.14. The van der Waals surface area contributed by atoms with E-state index in [0.717, 1.165) is 17.0 Å². The lowest BCUT2D eigenvalue weighted by Gasteiger charge is -2.04. The molecule has 0 saturated carbocycles.